The minimum atomic E-state index is 0.0904. The largest absolute Gasteiger partial charge is 0.395 e. The fraction of sp³-hybridized carbons (Fsp3) is 0.455. The second-order valence-electron chi connectivity index (χ2n) is 3.84. The Bertz CT molecular complexity index is 287. The average Bonchev–Trinajstić information content (AvgIpc) is 2.99. The van der Waals surface area contributed by atoms with Gasteiger partial charge in [-0.25, -0.2) is 0 Å². The van der Waals surface area contributed by atoms with Gasteiger partial charge in [-0.05, 0) is 24.0 Å². The van der Waals surface area contributed by atoms with Gasteiger partial charge in [0.05, 0.1) is 6.61 Å². The second-order valence-corrected chi connectivity index (χ2v) is 3.84. The van der Waals surface area contributed by atoms with Crippen LogP contribution in [-0.2, 0) is 12.0 Å². The monoisotopic (exact) mass is 177 g/mol. The van der Waals surface area contributed by atoms with Crippen LogP contribution in [0.4, 0.5) is 0 Å². The van der Waals surface area contributed by atoms with Crippen molar-refractivity contribution in [2.75, 3.05) is 6.61 Å². The third kappa shape index (κ3) is 1.47. The number of aliphatic hydroxyl groups is 1. The normalized spacial score (nSPS) is 18.6. The Morgan fingerprint density at radius 2 is 1.85 bits per heavy atom. The van der Waals surface area contributed by atoms with Crippen molar-refractivity contribution in [2.45, 2.75) is 24.8 Å². The molecule has 1 aromatic carbocycles. The van der Waals surface area contributed by atoms with E-state index in [1.54, 1.807) is 0 Å². The van der Waals surface area contributed by atoms with Crippen LogP contribution in [-0.4, -0.2) is 11.7 Å². The molecule has 0 saturated heterocycles. The van der Waals surface area contributed by atoms with Gasteiger partial charge in [0.25, 0.3) is 0 Å². The molecule has 1 aliphatic carbocycles. The summed E-state index contributed by atoms with van der Waals surface area (Å²) in [6.07, 6.45) is 2.23. The minimum Gasteiger partial charge on any atom is -0.395 e. The molecule has 0 heterocycles. The summed E-state index contributed by atoms with van der Waals surface area (Å²) in [6, 6.07) is 8.27. The van der Waals surface area contributed by atoms with Crippen LogP contribution in [0.1, 0.15) is 24.0 Å². The van der Waals surface area contributed by atoms with Crippen LogP contribution < -0.4 is 5.73 Å². The lowest BCUT2D eigenvalue weighted by Gasteiger charge is -2.11. The Hall–Kier alpha value is -0.860. The minimum absolute atomic E-state index is 0.0904. The summed E-state index contributed by atoms with van der Waals surface area (Å²) in [4.78, 5) is 0. The molecule has 13 heavy (non-hydrogen) atoms. The molecule has 2 rings (SSSR count). The first-order valence-corrected chi connectivity index (χ1v) is 4.71. The average molecular weight is 177 g/mol. The Morgan fingerprint density at radius 1 is 1.23 bits per heavy atom. The van der Waals surface area contributed by atoms with Gasteiger partial charge in [-0.15, -0.1) is 0 Å². The Kier molecular flexibility index (Phi) is 2.10. The van der Waals surface area contributed by atoms with E-state index in [4.69, 9.17) is 5.73 Å². The van der Waals surface area contributed by atoms with Crippen molar-refractivity contribution >= 4 is 0 Å². The molecule has 3 N–H and O–H groups in total. The Labute approximate surface area is 78.4 Å². The van der Waals surface area contributed by atoms with Crippen molar-refractivity contribution in [3.05, 3.63) is 35.4 Å². The van der Waals surface area contributed by atoms with Crippen molar-refractivity contribution in [1.29, 1.82) is 0 Å². The molecule has 0 spiro atoms. The van der Waals surface area contributed by atoms with E-state index < -0.39 is 0 Å². The first-order chi connectivity index (χ1) is 6.30. The third-order valence-corrected chi connectivity index (χ3v) is 2.96. The van der Waals surface area contributed by atoms with Gasteiger partial charge in [0.2, 0.25) is 0 Å². The molecule has 1 saturated carbocycles. The summed E-state index contributed by atoms with van der Waals surface area (Å²) >= 11 is 0. The van der Waals surface area contributed by atoms with Gasteiger partial charge in [0, 0.05) is 12.0 Å². The highest BCUT2D eigenvalue weighted by Crippen LogP contribution is 2.47. The molecule has 1 aliphatic rings. The maximum atomic E-state index is 9.21. The molecule has 0 amide bonds. The summed E-state index contributed by atoms with van der Waals surface area (Å²) < 4.78 is 0. The molecule has 2 nitrogen and oxygen atoms in total. The molecule has 1 aromatic rings. The summed E-state index contributed by atoms with van der Waals surface area (Å²) in [7, 11) is 0. The predicted octanol–water partition coefficient (Wildman–Crippen LogP) is 1.17. The van der Waals surface area contributed by atoms with Gasteiger partial charge in [-0.3, -0.25) is 0 Å². The molecule has 0 bridgehead atoms. The standard InChI is InChI=1S/C11H15NO/c12-7-9-1-3-10(4-2-9)11(8-13)5-6-11/h1-4,13H,5-8,12H2. The number of rotatable bonds is 3. The number of hydrogen-bond acceptors (Lipinski definition) is 2. The van der Waals surface area contributed by atoms with Crippen LogP contribution in [0, 0.1) is 0 Å². The predicted molar refractivity (Wildman–Crippen MR) is 52.3 cm³/mol. The molecule has 0 aromatic heterocycles. The highest BCUT2D eigenvalue weighted by molar-refractivity contribution is 5.33. The van der Waals surface area contributed by atoms with Crippen molar-refractivity contribution in [3.63, 3.8) is 0 Å². The Morgan fingerprint density at radius 3 is 2.23 bits per heavy atom. The number of nitrogens with two attached hydrogens (primary N) is 1. The fourth-order valence-corrected chi connectivity index (χ4v) is 1.68. The van der Waals surface area contributed by atoms with E-state index in [2.05, 4.69) is 12.1 Å². The van der Waals surface area contributed by atoms with Crippen LogP contribution in [0.25, 0.3) is 0 Å². The van der Waals surface area contributed by atoms with E-state index in [-0.39, 0.29) is 12.0 Å². The number of hydrogen-bond donors (Lipinski definition) is 2. The number of aliphatic hydroxyl groups excluding tert-OH is 1. The van der Waals surface area contributed by atoms with Crippen molar-refractivity contribution in [3.8, 4) is 0 Å². The lowest BCUT2D eigenvalue weighted by molar-refractivity contribution is 0.255. The van der Waals surface area contributed by atoms with Crippen LogP contribution in [0.15, 0.2) is 24.3 Å². The maximum Gasteiger partial charge on any atom is 0.0527 e. The molecule has 0 aliphatic heterocycles. The Balaban J connectivity index is 2.23. The van der Waals surface area contributed by atoms with Crippen LogP contribution in [0.2, 0.25) is 0 Å². The SMILES string of the molecule is NCc1ccc(C2(CO)CC2)cc1. The maximum absolute atomic E-state index is 9.21. The van der Waals surface area contributed by atoms with Gasteiger partial charge in [-0.2, -0.15) is 0 Å². The summed E-state index contributed by atoms with van der Waals surface area (Å²) in [5.74, 6) is 0. The number of benzene rings is 1. The van der Waals surface area contributed by atoms with E-state index in [1.807, 2.05) is 12.1 Å². The molecule has 1 fully saturated rings. The highest BCUT2D eigenvalue weighted by Gasteiger charge is 2.43. The lowest BCUT2D eigenvalue weighted by Crippen LogP contribution is -2.11. The van der Waals surface area contributed by atoms with Gasteiger partial charge in [0.1, 0.15) is 0 Å². The fourth-order valence-electron chi connectivity index (χ4n) is 1.68. The van der Waals surface area contributed by atoms with Gasteiger partial charge in [0.15, 0.2) is 0 Å². The molecule has 70 valence electrons. The summed E-state index contributed by atoms with van der Waals surface area (Å²) in [5.41, 5.74) is 8.01. The first-order valence-electron chi connectivity index (χ1n) is 4.71. The summed E-state index contributed by atoms with van der Waals surface area (Å²) in [6.45, 7) is 0.862. The zero-order valence-corrected chi connectivity index (χ0v) is 7.66. The lowest BCUT2D eigenvalue weighted by atomic mass is 9.96. The molecule has 0 unspecified atom stereocenters. The molecule has 2 heteroatoms. The second kappa shape index (κ2) is 3.13. The molecular weight excluding hydrogens is 162 g/mol. The van der Waals surface area contributed by atoms with Crippen molar-refractivity contribution in [1.82, 2.24) is 0 Å². The highest BCUT2D eigenvalue weighted by atomic mass is 16.3. The van der Waals surface area contributed by atoms with Gasteiger partial charge < -0.3 is 10.8 Å². The van der Waals surface area contributed by atoms with Crippen molar-refractivity contribution < 1.29 is 5.11 Å². The smallest absolute Gasteiger partial charge is 0.0527 e. The third-order valence-electron chi connectivity index (χ3n) is 2.96. The quantitative estimate of drug-likeness (QED) is 0.728. The zero-order chi connectivity index (χ0) is 9.31. The van der Waals surface area contributed by atoms with Gasteiger partial charge in [-0.1, -0.05) is 24.3 Å². The molecule has 0 radical (unpaired) electrons. The van der Waals surface area contributed by atoms with E-state index in [1.165, 1.54) is 5.56 Å². The van der Waals surface area contributed by atoms with Crippen molar-refractivity contribution in [2.24, 2.45) is 5.73 Å². The van der Waals surface area contributed by atoms with E-state index >= 15 is 0 Å². The van der Waals surface area contributed by atoms with E-state index in [0.717, 1.165) is 18.4 Å². The zero-order valence-electron chi connectivity index (χ0n) is 7.66. The van der Waals surface area contributed by atoms with Crippen LogP contribution >= 0.6 is 0 Å². The molecule has 0 atom stereocenters. The topological polar surface area (TPSA) is 46.2 Å². The molecular formula is C11H15NO. The van der Waals surface area contributed by atoms with E-state index in [9.17, 15) is 5.11 Å². The van der Waals surface area contributed by atoms with Gasteiger partial charge >= 0.3 is 0 Å². The van der Waals surface area contributed by atoms with Crippen LogP contribution in [0.3, 0.4) is 0 Å². The van der Waals surface area contributed by atoms with E-state index in [0.29, 0.717) is 6.54 Å². The first kappa shape index (κ1) is 8.73. The van der Waals surface area contributed by atoms with Crippen LogP contribution in [0.5, 0.6) is 0 Å². The summed E-state index contributed by atoms with van der Waals surface area (Å²) in [5, 5.41) is 9.21.